The van der Waals surface area contributed by atoms with E-state index >= 15 is 0 Å². The van der Waals surface area contributed by atoms with E-state index in [1.807, 2.05) is 0 Å². The molecule has 1 heterocycles. The molecule has 1 fully saturated rings. The second-order valence-electron chi connectivity index (χ2n) is 9.39. The number of hydrogen-bond acceptors (Lipinski definition) is 4. The number of anilines is 1. The van der Waals surface area contributed by atoms with Crippen molar-refractivity contribution in [3.8, 4) is 0 Å². The zero-order chi connectivity index (χ0) is 21.9. The smallest absolute Gasteiger partial charge is 0.303 e. The van der Waals surface area contributed by atoms with Gasteiger partial charge in [0.05, 0.1) is 12.0 Å². The van der Waals surface area contributed by atoms with E-state index in [1.165, 1.54) is 16.2 Å². The topological polar surface area (TPSA) is 95.5 Å². The van der Waals surface area contributed by atoms with Gasteiger partial charge in [0, 0.05) is 17.3 Å². The van der Waals surface area contributed by atoms with Gasteiger partial charge in [-0.15, -0.1) is 11.3 Å². The van der Waals surface area contributed by atoms with E-state index in [4.69, 9.17) is 5.11 Å². The minimum absolute atomic E-state index is 0.0902. The first-order valence-electron chi connectivity index (χ1n) is 11.2. The molecule has 6 nitrogen and oxygen atoms in total. The number of hydrogen-bond donors (Lipinski definition) is 3. The Labute approximate surface area is 182 Å². The Morgan fingerprint density at radius 2 is 1.83 bits per heavy atom. The molecule has 0 aliphatic heterocycles. The Morgan fingerprint density at radius 3 is 2.47 bits per heavy atom. The molecule has 0 aromatic carbocycles. The molecule has 0 radical (unpaired) electrons. The van der Waals surface area contributed by atoms with Crippen LogP contribution in [0, 0.1) is 11.3 Å². The van der Waals surface area contributed by atoms with Crippen molar-refractivity contribution in [1.82, 2.24) is 5.32 Å². The van der Waals surface area contributed by atoms with Gasteiger partial charge in [-0.1, -0.05) is 40.0 Å². The summed E-state index contributed by atoms with van der Waals surface area (Å²) < 4.78 is 0. The largest absolute Gasteiger partial charge is 0.481 e. The van der Waals surface area contributed by atoms with Crippen molar-refractivity contribution in [3.63, 3.8) is 0 Å². The Hall–Kier alpha value is -1.89. The molecule has 2 amide bonds. The normalized spacial score (nSPS) is 19.4. The van der Waals surface area contributed by atoms with Gasteiger partial charge in [0.25, 0.3) is 5.91 Å². The number of fused-ring (bicyclic) bond motifs is 1. The van der Waals surface area contributed by atoms with Crippen LogP contribution in [0.5, 0.6) is 0 Å². The molecular formula is C23H34N2O4S. The number of carboxylic acids is 1. The van der Waals surface area contributed by atoms with Gasteiger partial charge in [0.1, 0.15) is 5.00 Å². The van der Waals surface area contributed by atoms with Crippen LogP contribution in [-0.4, -0.2) is 28.9 Å². The molecule has 1 aromatic rings. The quantitative estimate of drug-likeness (QED) is 0.549. The zero-order valence-corrected chi connectivity index (χ0v) is 19.1. The number of aliphatic carboxylic acids is 1. The van der Waals surface area contributed by atoms with Crippen LogP contribution in [-0.2, 0) is 22.4 Å². The summed E-state index contributed by atoms with van der Waals surface area (Å²) in [5.41, 5.74) is 1.92. The zero-order valence-electron chi connectivity index (χ0n) is 18.3. The predicted molar refractivity (Wildman–Crippen MR) is 119 cm³/mol. The highest BCUT2D eigenvalue weighted by molar-refractivity contribution is 7.17. The minimum Gasteiger partial charge on any atom is -0.481 e. The van der Waals surface area contributed by atoms with Crippen LogP contribution < -0.4 is 10.6 Å². The second kappa shape index (κ2) is 9.50. The first-order valence-corrected chi connectivity index (χ1v) is 12.0. The predicted octanol–water partition coefficient (Wildman–Crippen LogP) is 4.76. The molecular weight excluding hydrogens is 400 g/mol. The lowest BCUT2D eigenvalue weighted by molar-refractivity contribution is -0.138. The fraction of sp³-hybridized carbons (Fsp3) is 0.696. The molecule has 2 aliphatic carbocycles. The van der Waals surface area contributed by atoms with Crippen molar-refractivity contribution in [2.24, 2.45) is 11.3 Å². The van der Waals surface area contributed by atoms with Crippen LogP contribution in [0.3, 0.4) is 0 Å². The van der Waals surface area contributed by atoms with Crippen molar-refractivity contribution >= 4 is 34.1 Å². The molecule has 1 atom stereocenters. The van der Waals surface area contributed by atoms with Gasteiger partial charge in [-0.3, -0.25) is 14.4 Å². The van der Waals surface area contributed by atoms with Crippen molar-refractivity contribution in [3.05, 3.63) is 16.0 Å². The van der Waals surface area contributed by atoms with Crippen LogP contribution in [0.25, 0.3) is 0 Å². The number of amides is 2. The summed E-state index contributed by atoms with van der Waals surface area (Å²) in [5.74, 6) is -0.896. The van der Waals surface area contributed by atoms with E-state index in [0.717, 1.165) is 56.9 Å². The molecule has 0 unspecified atom stereocenters. The molecule has 0 spiro atoms. The fourth-order valence-electron chi connectivity index (χ4n) is 4.61. The van der Waals surface area contributed by atoms with Crippen LogP contribution in [0.2, 0.25) is 0 Å². The number of rotatable bonds is 8. The molecule has 3 N–H and O–H groups in total. The van der Waals surface area contributed by atoms with Crippen LogP contribution in [0.15, 0.2) is 0 Å². The van der Waals surface area contributed by atoms with E-state index in [-0.39, 0.29) is 36.1 Å². The van der Waals surface area contributed by atoms with E-state index < -0.39 is 5.97 Å². The van der Waals surface area contributed by atoms with E-state index in [1.54, 1.807) is 0 Å². The summed E-state index contributed by atoms with van der Waals surface area (Å²) in [6, 6.07) is 0.207. The number of thiophene rings is 1. The van der Waals surface area contributed by atoms with Gasteiger partial charge >= 0.3 is 5.97 Å². The first kappa shape index (κ1) is 22.8. The second-order valence-corrected chi connectivity index (χ2v) is 10.5. The Morgan fingerprint density at radius 1 is 1.13 bits per heavy atom. The Bertz CT molecular complexity index is 808. The summed E-state index contributed by atoms with van der Waals surface area (Å²) >= 11 is 1.50. The third-order valence-electron chi connectivity index (χ3n) is 7.02. The van der Waals surface area contributed by atoms with Gasteiger partial charge in [-0.25, -0.2) is 0 Å². The van der Waals surface area contributed by atoms with Crippen LogP contribution in [0.4, 0.5) is 5.00 Å². The summed E-state index contributed by atoms with van der Waals surface area (Å²) in [4.78, 5) is 37.5. The van der Waals surface area contributed by atoms with Crippen molar-refractivity contribution in [1.29, 1.82) is 0 Å². The summed E-state index contributed by atoms with van der Waals surface area (Å²) in [7, 11) is 0. The van der Waals surface area contributed by atoms with E-state index in [0.29, 0.717) is 16.5 Å². The van der Waals surface area contributed by atoms with E-state index in [9.17, 15) is 14.4 Å². The van der Waals surface area contributed by atoms with Gasteiger partial charge < -0.3 is 15.7 Å². The lowest BCUT2D eigenvalue weighted by atomic mass is 9.69. The van der Waals surface area contributed by atoms with Crippen molar-refractivity contribution in [2.45, 2.75) is 91.0 Å². The molecule has 30 heavy (non-hydrogen) atoms. The number of carboxylic acid groups (broad SMARTS) is 1. The molecule has 2 aliphatic rings. The molecule has 3 rings (SSSR count). The van der Waals surface area contributed by atoms with Gasteiger partial charge in [-0.05, 0) is 49.0 Å². The van der Waals surface area contributed by atoms with Crippen LogP contribution >= 0.6 is 11.3 Å². The molecule has 166 valence electrons. The highest BCUT2D eigenvalue weighted by Crippen LogP contribution is 2.45. The van der Waals surface area contributed by atoms with Crippen LogP contribution in [0.1, 0.15) is 92.9 Å². The molecule has 7 heteroatoms. The van der Waals surface area contributed by atoms with Gasteiger partial charge in [0.15, 0.2) is 0 Å². The average Bonchev–Trinajstić information content (AvgIpc) is 3.32. The minimum atomic E-state index is -1.00. The number of nitrogens with one attached hydrogen (secondary N) is 2. The highest BCUT2D eigenvalue weighted by Gasteiger charge is 2.35. The number of carbonyl (C=O) groups is 3. The standard InChI is InChI=1S/C23H34N2O4S/c1-4-23(2,3)14-9-10-16-17(13-14)30-22(25-18(26)11-12-19(27)28)20(16)21(29)24-15-7-5-6-8-15/h14-15H,4-13H2,1-3H3,(H,24,29)(H,25,26)(H,27,28)/t14-/m1/s1. The monoisotopic (exact) mass is 434 g/mol. The molecule has 0 bridgehead atoms. The number of carbonyl (C=O) groups excluding carboxylic acids is 2. The summed E-state index contributed by atoms with van der Waals surface area (Å²) in [6.07, 6.45) is 7.90. The SMILES string of the molecule is CCC(C)(C)[C@@H]1CCc2c(sc(NC(=O)CCC(=O)O)c2C(=O)NC2CCCC2)C1. The molecule has 1 saturated carbocycles. The summed E-state index contributed by atoms with van der Waals surface area (Å²) in [6.45, 7) is 6.83. The fourth-order valence-corrected chi connectivity index (χ4v) is 5.95. The third-order valence-corrected chi connectivity index (χ3v) is 8.19. The first-order chi connectivity index (χ1) is 14.2. The van der Waals surface area contributed by atoms with Crippen molar-refractivity contribution < 1.29 is 19.5 Å². The van der Waals surface area contributed by atoms with Crippen molar-refractivity contribution in [2.75, 3.05) is 5.32 Å². The van der Waals surface area contributed by atoms with E-state index in [2.05, 4.69) is 31.4 Å². The lowest BCUT2D eigenvalue weighted by Gasteiger charge is -2.36. The maximum atomic E-state index is 13.2. The Kier molecular flexibility index (Phi) is 7.22. The highest BCUT2D eigenvalue weighted by atomic mass is 32.1. The maximum Gasteiger partial charge on any atom is 0.303 e. The third kappa shape index (κ3) is 5.23. The van der Waals surface area contributed by atoms with Gasteiger partial charge in [0.2, 0.25) is 5.91 Å². The van der Waals surface area contributed by atoms with Gasteiger partial charge in [-0.2, -0.15) is 0 Å². The molecule has 0 saturated heterocycles. The Balaban J connectivity index is 1.85. The maximum absolute atomic E-state index is 13.2. The molecule has 1 aromatic heterocycles. The summed E-state index contributed by atoms with van der Waals surface area (Å²) in [5, 5.41) is 15.5. The lowest BCUT2D eigenvalue weighted by Crippen LogP contribution is -2.34. The average molecular weight is 435 g/mol.